The Morgan fingerprint density at radius 3 is 2.26 bits per heavy atom. The smallest absolute Gasteiger partial charge is 0.272 e. The zero-order valence-electron chi connectivity index (χ0n) is 14.7. The Kier molecular flexibility index (Phi) is 3.54. The second-order valence-electron chi connectivity index (χ2n) is 8.18. The zero-order valence-corrected chi connectivity index (χ0v) is 14.7. The molecule has 1 aromatic heterocycles. The first-order valence-electron chi connectivity index (χ1n) is 9.41. The van der Waals surface area contributed by atoms with E-state index in [9.17, 15) is 4.79 Å². The molecular formula is C19H29N3O. The molecule has 4 heteroatoms. The molecule has 4 aliphatic carbocycles. The summed E-state index contributed by atoms with van der Waals surface area (Å²) in [7, 11) is 0. The Morgan fingerprint density at radius 1 is 1.22 bits per heavy atom. The summed E-state index contributed by atoms with van der Waals surface area (Å²) in [4.78, 5) is 15.6. The van der Waals surface area contributed by atoms with E-state index in [0.29, 0.717) is 0 Å². The second-order valence-corrected chi connectivity index (χ2v) is 8.18. The number of amides is 1. The summed E-state index contributed by atoms with van der Waals surface area (Å²) in [5.74, 6) is 2.79. The van der Waals surface area contributed by atoms with Gasteiger partial charge in [0.05, 0.1) is 5.69 Å². The van der Waals surface area contributed by atoms with Crippen molar-refractivity contribution in [2.75, 3.05) is 6.54 Å². The monoisotopic (exact) mass is 315 g/mol. The van der Waals surface area contributed by atoms with E-state index in [4.69, 9.17) is 0 Å². The van der Waals surface area contributed by atoms with Crippen LogP contribution in [-0.4, -0.2) is 32.7 Å². The van der Waals surface area contributed by atoms with Gasteiger partial charge < -0.3 is 4.90 Å². The van der Waals surface area contributed by atoms with Gasteiger partial charge in [-0.2, -0.15) is 5.10 Å². The third-order valence-corrected chi connectivity index (χ3v) is 6.56. The van der Waals surface area contributed by atoms with Crippen LogP contribution in [0.5, 0.6) is 0 Å². The molecule has 0 N–H and O–H groups in total. The highest BCUT2D eigenvalue weighted by Crippen LogP contribution is 2.57. The summed E-state index contributed by atoms with van der Waals surface area (Å²) in [5.41, 5.74) is 1.86. The molecule has 0 atom stereocenters. The molecule has 0 saturated heterocycles. The Labute approximate surface area is 139 Å². The standard InChI is InChI=1S/C19H29N3O/c1-4-21(18(23)17-6-13(3)20-22(17)5-2)19-10-14-7-15(11-19)9-16(8-14)12-19/h6,14-16H,4-5,7-12H2,1-3H3. The SMILES string of the molecule is CCN(C(=O)c1cc(C)nn1CC)C12CC3CC(CC(C3)C1)C2. The number of hydrogen-bond acceptors (Lipinski definition) is 2. The molecule has 4 fully saturated rings. The van der Waals surface area contributed by atoms with Crippen molar-refractivity contribution in [3.05, 3.63) is 17.5 Å². The number of carbonyl (C=O) groups excluding carboxylic acids is 1. The molecule has 0 aromatic carbocycles. The first-order chi connectivity index (χ1) is 11.0. The molecule has 4 nitrogen and oxygen atoms in total. The van der Waals surface area contributed by atoms with E-state index >= 15 is 0 Å². The first-order valence-corrected chi connectivity index (χ1v) is 9.41. The molecular weight excluding hydrogens is 286 g/mol. The molecule has 0 radical (unpaired) electrons. The van der Waals surface area contributed by atoms with Crippen molar-refractivity contribution in [3.63, 3.8) is 0 Å². The van der Waals surface area contributed by atoms with Gasteiger partial charge in [-0.1, -0.05) is 0 Å². The van der Waals surface area contributed by atoms with Crippen LogP contribution in [0.25, 0.3) is 0 Å². The largest absolute Gasteiger partial charge is 0.332 e. The molecule has 126 valence electrons. The van der Waals surface area contributed by atoms with E-state index in [1.54, 1.807) is 0 Å². The van der Waals surface area contributed by atoms with Crippen LogP contribution >= 0.6 is 0 Å². The molecule has 0 spiro atoms. The molecule has 1 amide bonds. The van der Waals surface area contributed by atoms with Gasteiger partial charge in [-0.05, 0) is 83.1 Å². The predicted molar refractivity (Wildman–Crippen MR) is 90.3 cm³/mol. The van der Waals surface area contributed by atoms with Crippen molar-refractivity contribution in [1.82, 2.24) is 14.7 Å². The van der Waals surface area contributed by atoms with E-state index in [-0.39, 0.29) is 11.4 Å². The van der Waals surface area contributed by atoms with E-state index < -0.39 is 0 Å². The van der Waals surface area contributed by atoms with Crippen LogP contribution in [0, 0.1) is 24.7 Å². The number of rotatable bonds is 4. The predicted octanol–water partition coefficient (Wildman–Crippen LogP) is 3.64. The fourth-order valence-corrected chi connectivity index (χ4v) is 6.19. The lowest BCUT2D eigenvalue weighted by Crippen LogP contribution is -2.61. The fraction of sp³-hybridized carbons (Fsp3) is 0.789. The lowest BCUT2D eigenvalue weighted by atomic mass is 9.52. The van der Waals surface area contributed by atoms with Crippen molar-refractivity contribution < 1.29 is 4.79 Å². The third-order valence-electron chi connectivity index (χ3n) is 6.56. The highest BCUT2D eigenvalue weighted by atomic mass is 16.2. The third kappa shape index (κ3) is 2.33. The summed E-state index contributed by atoms with van der Waals surface area (Å²) in [5, 5.41) is 4.48. The summed E-state index contributed by atoms with van der Waals surface area (Å²) in [6.45, 7) is 7.76. The highest BCUT2D eigenvalue weighted by Gasteiger charge is 2.54. The maximum atomic E-state index is 13.3. The zero-order chi connectivity index (χ0) is 16.2. The Balaban J connectivity index is 1.67. The summed E-state index contributed by atoms with van der Waals surface area (Å²) < 4.78 is 1.88. The number of nitrogens with zero attached hydrogens (tertiary/aromatic N) is 3. The number of aromatic nitrogens is 2. The minimum atomic E-state index is 0.136. The number of aryl methyl sites for hydroxylation is 2. The van der Waals surface area contributed by atoms with Gasteiger partial charge in [0.1, 0.15) is 5.69 Å². The molecule has 0 unspecified atom stereocenters. The van der Waals surface area contributed by atoms with Crippen molar-refractivity contribution in [2.24, 2.45) is 17.8 Å². The highest BCUT2D eigenvalue weighted by molar-refractivity contribution is 5.93. The molecule has 4 bridgehead atoms. The van der Waals surface area contributed by atoms with Crippen LogP contribution in [0.4, 0.5) is 0 Å². The topological polar surface area (TPSA) is 38.1 Å². The summed E-state index contributed by atoms with van der Waals surface area (Å²) in [6, 6.07) is 1.97. The lowest BCUT2D eigenvalue weighted by Gasteiger charge is -2.60. The number of hydrogen-bond donors (Lipinski definition) is 0. The van der Waals surface area contributed by atoms with Crippen LogP contribution in [0.15, 0.2) is 6.07 Å². The Morgan fingerprint density at radius 2 is 1.78 bits per heavy atom. The van der Waals surface area contributed by atoms with Gasteiger partial charge in [-0.25, -0.2) is 0 Å². The van der Waals surface area contributed by atoms with Crippen LogP contribution in [0.1, 0.15) is 68.6 Å². The van der Waals surface area contributed by atoms with Gasteiger partial charge >= 0.3 is 0 Å². The van der Waals surface area contributed by atoms with Gasteiger partial charge in [-0.15, -0.1) is 0 Å². The quantitative estimate of drug-likeness (QED) is 0.851. The number of carbonyl (C=O) groups is 1. The van der Waals surface area contributed by atoms with Gasteiger partial charge in [0.25, 0.3) is 5.91 Å². The van der Waals surface area contributed by atoms with Crippen LogP contribution in [-0.2, 0) is 6.54 Å². The minimum absolute atomic E-state index is 0.136. The normalized spacial score (nSPS) is 34.8. The van der Waals surface area contributed by atoms with Gasteiger partial charge in [0.2, 0.25) is 0 Å². The second kappa shape index (κ2) is 5.35. The molecule has 23 heavy (non-hydrogen) atoms. The van der Waals surface area contributed by atoms with Crippen LogP contribution < -0.4 is 0 Å². The fourth-order valence-electron chi connectivity index (χ4n) is 6.19. The Bertz CT molecular complexity index is 583. The van der Waals surface area contributed by atoms with Crippen LogP contribution in [0.2, 0.25) is 0 Å². The van der Waals surface area contributed by atoms with Crippen molar-refractivity contribution in [1.29, 1.82) is 0 Å². The van der Waals surface area contributed by atoms with Crippen molar-refractivity contribution in [2.45, 2.75) is 71.4 Å². The van der Waals surface area contributed by atoms with Crippen LogP contribution in [0.3, 0.4) is 0 Å². The van der Waals surface area contributed by atoms with Crippen molar-refractivity contribution >= 4 is 5.91 Å². The maximum Gasteiger partial charge on any atom is 0.272 e. The summed E-state index contributed by atoms with van der Waals surface area (Å²) >= 11 is 0. The van der Waals surface area contributed by atoms with Crippen molar-refractivity contribution in [3.8, 4) is 0 Å². The molecule has 4 aliphatic rings. The molecule has 4 saturated carbocycles. The molecule has 1 heterocycles. The van der Waals surface area contributed by atoms with Gasteiger partial charge in [-0.3, -0.25) is 9.48 Å². The van der Waals surface area contributed by atoms with E-state index in [1.807, 2.05) is 17.7 Å². The lowest BCUT2D eigenvalue weighted by molar-refractivity contribution is -0.0734. The average molecular weight is 315 g/mol. The van der Waals surface area contributed by atoms with E-state index in [1.165, 1.54) is 38.5 Å². The molecule has 1 aromatic rings. The Hall–Kier alpha value is -1.32. The van der Waals surface area contributed by atoms with Gasteiger partial charge in [0.15, 0.2) is 0 Å². The minimum Gasteiger partial charge on any atom is -0.332 e. The molecule has 0 aliphatic heterocycles. The summed E-state index contributed by atoms with van der Waals surface area (Å²) in [6.07, 6.45) is 7.94. The average Bonchev–Trinajstić information content (AvgIpc) is 2.87. The van der Waals surface area contributed by atoms with Gasteiger partial charge in [0, 0.05) is 18.6 Å². The van der Waals surface area contributed by atoms with E-state index in [0.717, 1.165) is 42.2 Å². The van der Waals surface area contributed by atoms with E-state index in [2.05, 4.69) is 23.8 Å². The first kappa shape index (κ1) is 15.2. The maximum absolute atomic E-state index is 13.3. The molecule has 5 rings (SSSR count).